The van der Waals surface area contributed by atoms with E-state index in [1.807, 2.05) is 12.1 Å². The van der Waals surface area contributed by atoms with Crippen molar-refractivity contribution < 1.29 is 9.16 Å². The first-order chi connectivity index (χ1) is 9.69. The molecule has 0 aliphatic carbocycles. The maximum Gasteiger partial charge on any atom is 0.192 e. The zero-order chi connectivity index (χ0) is 15.7. The van der Waals surface area contributed by atoms with E-state index in [1.165, 1.54) is 0 Å². The second-order valence-corrected chi connectivity index (χ2v) is 12.9. The molecule has 1 saturated heterocycles. The molecule has 2 unspecified atom stereocenters. The van der Waals surface area contributed by atoms with Gasteiger partial charge in [0.15, 0.2) is 8.32 Å². The second kappa shape index (κ2) is 6.40. The molecule has 118 valence electrons. The number of halogens is 1. The molecule has 1 aliphatic heterocycles. The van der Waals surface area contributed by atoms with E-state index in [0.29, 0.717) is 13.2 Å². The third kappa shape index (κ3) is 4.31. The van der Waals surface area contributed by atoms with Crippen molar-refractivity contribution in [2.45, 2.75) is 51.0 Å². The first-order valence-electron chi connectivity index (χ1n) is 7.47. The maximum absolute atomic E-state index is 6.52. The lowest BCUT2D eigenvalue weighted by Gasteiger charge is -2.39. The maximum atomic E-state index is 6.52. The van der Waals surface area contributed by atoms with Crippen molar-refractivity contribution in [3.63, 3.8) is 0 Å². The minimum Gasteiger partial charge on any atom is -0.409 e. The minimum absolute atomic E-state index is 0.130. The molecule has 1 heterocycles. The van der Waals surface area contributed by atoms with Crippen LogP contribution in [0.25, 0.3) is 0 Å². The predicted molar refractivity (Wildman–Crippen MR) is 94.4 cm³/mol. The van der Waals surface area contributed by atoms with Crippen LogP contribution < -0.4 is 5.32 Å². The molecule has 3 nitrogen and oxygen atoms in total. The number of hydrogen-bond acceptors (Lipinski definition) is 3. The van der Waals surface area contributed by atoms with E-state index in [-0.39, 0.29) is 17.2 Å². The van der Waals surface area contributed by atoms with E-state index in [1.54, 1.807) is 0 Å². The van der Waals surface area contributed by atoms with Gasteiger partial charge in [-0.25, -0.2) is 0 Å². The number of benzene rings is 1. The molecule has 2 atom stereocenters. The zero-order valence-electron chi connectivity index (χ0n) is 13.6. The monoisotopic (exact) mass is 371 g/mol. The van der Waals surface area contributed by atoms with E-state index in [2.05, 4.69) is 67.2 Å². The topological polar surface area (TPSA) is 30.5 Å². The quantitative estimate of drug-likeness (QED) is 0.781. The molecule has 1 aliphatic rings. The fraction of sp³-hybridized carbons (Fsp3) is 0.625. The Balaban J connectivity index is 2.04. The molecule has 1 N–H and O–H groups in total. The van der Waals surface area contributed by atoms with Gasteiger partial charge in [-0.3, -0.25) is 0 Å². The van der Waals surface area contributed by atoms with Crippen molar-refractivity contribution in [2.24, 2.45) is 0 Å². The summed E-state index contributed by atoms with van der Waals surface area (Å²) < 4.78 is 13.2. The normalized spacial score (nSPS) is 23.3. The molecule has 0 radical (unpaired) electrons. The summed E-state index contributed by atoms with van der Waals surface area (Å²) in [6.45, 7) is 12.8. The highest BCUT2D eigenvalue weighted by atomic mass is 79.9. The Labute approximate surface area is 137 Å². The zero-order valence-corrected chi connectivity index (χ0v) is 16.2. The molecule has 21 heavy (non-hydrogen) atoms. The van der Waals surface area contributed by atoms with Gasteiger partial charge in [0.05, 0.1) is 25.4 Å². The molecule has 1 fully saturated rings. The molecule has 1 aromatic carbocycles. The smallest absolute Gasteiger partial charge is 0.192 e. The highest BCUT2D eigenvalue weighted by Gasteiger charge is 2.42. The van der Waals surface area contributed by atoms with Crippen LogP contribution in [0.1, 0.15) is 20.8 Å². The summed E-state index contributed by atoms with van der Waals surface area (Å²) in [6.07, 6.45) is 0.130. The predicted octanol–water partition coefficient (Wildman–Crippen LogP) is 4.65. The Morgan fingerprint density at radius 3 is 2.62 bits per heavy atom. The molecule has 0 bridgehead atoms. The molecular formula is C16H26BrNO2Si. The van der Waals surface area contributed by atoms with Gasteiger partial charge in [0.1, 0.15) is 0 Å². The summed E-state index contributed by atoms with van der Waals surface area (Å²) in [5, 5.41) is 3.77. The Bertz CT molecular complexity index is 487. The van der Waals surface area contributed by atoms with Gasteiger partial charge >= 0.3 is 0 Å². The average Bonchev–Trinajstić information content (AvgIpc) is 2.74. The van der Waals surface area contributed by atoms with Crippen LogP contribution in [0.15, 0.2) is 28.7 Å². The van der Waals surface area contributed by atoms with Crippen LogP contribution in [0.4, 0.5) is 5.69 Å². The SMILES string of the molecule is CC(C)(C)[Si](C)(C)OC1COCC1Nc1cccc(Br)c1. The Morgan fingerprint density at radius 1 is 1.29 bits per heavy atom. The summed E-state index contributed by atoms with van der Waals surface area (Å²) in [7, 11) is -1.77. The first-order valence-corrected chi connectivity index (χ1v) is 11.2. The molecule has 2 rings (SSSR count). The van der Waals surface area contributed by atoms with Gasteiger partial charge in [0, 0.05) is 10.2 Å². The van der Waals surface area contributed by atoms with Gasteiger partial charge in [0.2, 0.25) is 0 Å². The lowest BCUT2D eigenvalue weighted by Crippen LogP contribution is -2.48. The molecule has 5 heteroatoms. The van der Waals surface area contributed by atoms with Crippen LogP contribution in [0, 0.1) is 0 Å². The Morgan fingerprint density at radius 2 is 2.00 bits per heavy atom. The molecule has 0 aromatic heterocycles. The summed E-state index contributed by atoms with van der Waals surface area (Å²) >= 11 is 3.51. The lowest BCUT2D eigenvalue weighted by molar-refractivity contribution is 0.131. The van der Waals surface area contributed by atoms with Gasteiger partial charge in [-0.1, -0.05) is 42.8 Å². The lowest BCUT2D eigenvalue weighted by atomic mass is 10.2. The summed E-state index contributed by atoms with van der Waals surface area (Å²) in [5.41, 5.74) is 1.10. The second-order valence-electron chi connectivity index (χ2n) is 7.22. The average molecular weight is 372 g/mol. The van der Waals surface area contributed by atoms with E-state index in [4.69, 9.17) is 9.16 Å². The summed E-state index contributed by atoms with van der Waals surface area (Å²) in [6, 6.07) is 8.44. The van der Waals surface area contributed by atoms with Crippen LogP contribution in [0.2, 0.25) is 18.1 Å². The number of anilines is 1. The Hall–Kier alpha value is -0.363. The van der Waals surface area contributed by atoms with Crippen LogP contribution in [0.3, 0.4) is 0 Å². The fourth-order valence-corrected chi connectivity index (χ4v) is 3.87. The minimum atomic E-state index is -1.77. The molecule has 0 saturated carbocycles. The van der Waals surface area contributed by atoms with Crippen molar-refractivity contribution >= 4 is 29.9 Å². The standard InChI is InChI=1S/C16H26BrNO2Si/c1-16(2,3)21(4,5)20-15-11-19-10-14(15)18-13-8-6-7-12(17)9-13/h6-9,14-15,18H,10-11H2,1-5H3. The van der Waals surface area contributed by atoms with Crippen molar-refractivity contribution in [3.05, 3.63) is 28.7 Å². The van der Waals surface area contributed by atoms with Gasteiger partial charge in [-0.05, 0) is 36.3 Å². The van der Waals surface area contributed by atoms with Crippen molar-refractivity contribution in [1.29, 1.82) is 0 Å². The van der Waals surface area contributed by atoms with Crippen LogP contribution in [-0.2, 0) is 9.16 Å². The summed E-state index contributed by atoms with van der Waals surface area (Å²) in [4.78, 5) is 0. The molecule has 0 amide bonds. The van der Waals surface area contributed by atoms with Gasteiger partial charge < -0.3 is 14.5 Å². The Kier molecular flexibility index (Phi) is 5.18. The van der Waals surface area contributed by atoms with Crippen LogP contribution in [-0.4, -0.2) is 33.7 Å². The van der Waals surface area contributed by atoms with Crippen molar-refractivity contribution in [2.75, 3.05) is 18.5 Å². The van der Waals surface area contributed by atoms with E-state index in [9.17, 15) is 0 Å². The highest BCUT2D eigenvalue weighted by Crippen LogP contribution is 2.38. The van der Waals surface area contributed by atoms with Gasteiger partial charge in [0.25, 0.3) is 0 Å². The third-order valence-corrected chi connectivity index (χ3v) is 9.45. The first kappa shape index (κ1) is 17.0. The number of nitrogens with one attached hydrogen (secondary N) is 1. The summed E-state index contributed by atoms with van der Waals surface area (Å²) in [5.74, 6) is 0. The van der Waals surface area contributed by atoms with Crippen molar-refractivity contribution in [3.8, 4) is 0 Å². The number of rotatable bonds is 4. The van der Waals surface area contributed by atoms with Gasteiger partial charge in [-0.15, -0.1) is 0 Å². The molecular weight excluding hydrogens is 346 g/mol. The van der Waals surface area contributed by atoms with Crippen LogP contribution in [0.5, 0.6) is 0 Å². The van der Waals surface area contributed by atoms with Crippen molar-refractivity contribution in [1.82, 2.24) is 0 Å². The van der Waals surface area contributed by atoms with E-state index >= 15 is 0 Å². The molecule has 1 aromatic rings. The fourth-order valence-electron chi connectivity index (χ4n) is 2.13. The van der Waals surface area contributed by atoms with E-state index in [0.717, 1.165) is 10.2 Å². The number of ether oxygens (including phenoxy) is 1. The van der Waals surface area contributed by atoms with Crippen LogP contribution >= 0.6 is 15.9 Å². The highest BCUT2D eigenvalue weighted by molar-refractivity contribution is 9.10. The number of hydrogen-bond donors (Lipinski definition) is 1. The third-order valence-electron chi connectivity index (χ3n) is 4.46. The largest absolute Gasteiger partial charge is 0.409 e. The van der Waals surface area contributed by atoms with E-state index < -0.39 is 8.32 Å². The van der Waals surface area contributed by atoms with Gasteiger partial charge in [-0.2, -0.15) is 0 Å². The molecule has 0 spiro atoms.